The van der Waals surface area contributed by atoms with E-state index in [-0.39, 0.29) is 6.54 Å². The zero-order chi connectivity index (χ0) is 16.4. The van der Waals surface area contributed by atoms with Crippen LogP contribution in [-0.4, -0.2) is 19.7 Å². The molecule has 0 aliphatic rings. The van der Waals surface area contributed by atoms with Crippen LogP contribution in [0.3, 0.4) is 0 Å². The number of rotatable bonds is 4. The summed E-state index contributed by atoms with van der Waals surface area (Å²) in [5, 5.41) is 6.28. The third-order valence-electron chi connectivity index (χ3n) is 3.09. The number of anilines is 1. The minimum absolute atomic E-state index is 0.0334. The Kier molecular flexibility index (Phi) is 3.92. The van der Waals surface area contributed by atoms with E-state index in [4.69, 9.17) is 0 Å². The summed E-state index contributed by atoms with van der Waals surface area (Å²) in [7, 11) is 0. The molecule has 0 saturated heterocycles. The van der Waals surface area contributed by atoms with E-state index in [2.05, 4.69) is 20.4 Å². The molecule has 0 amide bonds. The largest absolute Gasteiger partial charge is 0.376 e. The predicted molar refractivity (Wildman–Crippen MR) is 72.8 cm³/mol. The molecular weight excluding hydrogens is 314 g/mol. The van der Waals surface area contributed by atoms with Crippen LogP contribution in [0.5, 0.6) is 0 Å². The maximum absolute atomic E-state index is 13.5. The van der Waals surface area contributed by atoms with Crippen LogP contribution < -0.4 is 5.32 Å². The van der Waals surface area contributed by atoms with Gasteiger partial charge in [-0.3, -0.25) is 0 Å². The lowest BCUT2D eigenvalue weighted by molar-refractivity contribution is 0.410. The molecule has 0 aliphatic carbocycles. The second-order valence-electron chi connectivity index (χ2n) is 4.56. The second-order valence-corrected chi connectivity index (χ2v) is 4.56. The number of pyridine rings is 1. The number of halogens is 4. The fraction of sp³-hybridized carbons (Fsp3) is 0.0714. The van der Waals surface area contributed by atoms with Crippen LogP contribution in [0.15, 0.2) is 36.9 Å². The van der Waals surface area contributed by atoms with Gasteiger partial charge >= 0.3 is 0 Å². The Morgan fingerprint density at radius 1 is 0.957 bits per heavy atom. The topological polar surface area (TPSA) is 55.6 Å². The lowest BCUT2D eigenvalue weighted by atomic mass is 10.2. The molecule has 2 aromatic heterocycles. The zero-order valence-electron chi connectivity index (χ0n) is 11.5. The van der Waals surface area contributed by atoms with E-state index >= 15 is 0 Å². The van der Waals surface area contributed by atoms with Gasteiger partial charge in [-0.15, -0.1) is 0 Å². The monoisotopic (exact) mass is 323 g/mol. The van der Waals surface area contributed by atoms with Gasteiger partial charge in [0.1, 0.15) is 18.3 Å². The van der Waals surface area contributed by atoms with Gasteiger partial charge in [0.15, 0.2) is 0 Å². The summed E-state index contributed by atoms with van der Waals surface area (Å²) in [6.07, 6.45) is 2.90. The second kappa shape index (κ2) is 6.03. The number of nitrogens with one attached hydrogen (secondary N) is 1. The molecule has 0 atom stereocenters. The highest BCUT2D eigenvalue weighted by Crippen LogP contribution is 2.22. The van der Waals surface area contributed by atoms with Gasteiger partial charge in [0, 0.05) is 6.54 Å². The number of hydrogen-bond donors (Lipinski definition) is 1. The van der Waals surface area contributed by atoms with Crippen molar-refractivity contribution in [1.29, 1.82) is 0 Å². The molecule has 1 aromatic carbocycles. The highest BCUT2D eigenvalue weighted by Gasteiger charge is 2.20. The van der Waals surface area contributed by atoms with Crippen molar-refractivity contribution < 1.29 is 17.6 Å². The summed E-state index contributed by atoms with van der Waals surface area (Å²) in [4.78, 5) is 6.30. The zero-order valence-corrected chi connectivity index (χ0v) is 11.5. The van der Waals surface area contributed by atoms with Crippen molar-refractivity contribution in [3.8, 4) is 5.69 Å². The number of aromatic nitrogens is 4. The molecule has 3 aromatic rings. The number of benzene rings is 1. The molecular formula is C14H9F4N5. The van der Waals surface area contributed by atoms with E-state index in [9.17, 15) is 17.6 Å². The molecule has 2 heterocycles. The molecule has 0 fully saturated rings. The van der Waals surface area contributed by atoms with Gasteiger partial charge < -0.3 is 5.32 Å². The van der Waals surface area contributed by atoms with E-state index in [0.717, 1.165) is 5.69 Å². The van der Waals surface area contributed by atoms with Crippen molar-refractivity contribution in [1.82, 2.24) is 19.7 Å². The molecule has 1 N–H and O–H groups in total. The Morgan fingerprint density at radius 2 is 1.61 bits per heavy atom. The van der Waals surface area contributed by atoms with Gasteiger partial charge in [0.05, 0.1) is 5.69 Å². The van der Waals surface area contributed by atoms with E-state index in [1.807, 2.05) is 0 Å². The Bertz CT molecular complexity index is 792. The predicted octanol–water partition coefficient (Wildman–Crippen LogP) is 2.83. The standard InChI is InChI=1S/C14H9F4N5/c15-10-12(11(16)14(18)22-13(10)17)20-5-8-1-3-9(4-2-8)23-7-19-6-21-23/h1-4,6-7H,5H2,(H,20,22). The first-order chi connectivity index (χ1) is 11.1. The Labute approximate surface area is 127 Å². The van der Waals surface area contributed by atoms with Crippen molar-refractivity contribution in [3.05, 3.63) is 66.0 Å². The minimum Gasteiger partial charge on any atom is -0.376 e. The summed E-state index contributed by atoms with van der Waals surface area (Å²) < 4.78 is 54.5. The Balaban J connectivity index is 1.77. The summed E-state index contributed by atoms with van der Waals surface area (Å²) in [5.41, 5.74) is 0.491. The molecule has 118 valence electrons. The molecule has 23 heavy (non-hydrogen) atoms. The molecule has 0 aliphatic heterocycles. The van der Waals surface area contributed by atoms with Crippen molar-refractivity contribution in [2.45, 2.75) is 6.54 Å². The SMILES string of the molecule is Fc1nc(F)c(F)c(NCc2ccc(-n3cncn3)cc2)c1F. The summed E-state index contributed by atoms with van der Waals surface area (Å²) in [6.45, 7) is -0.0334. The molecule has 9 heteroatoms. The smallest absolute Gasteiger partial charge is 0.253 e. The van der Waals surface area contributed by atoms with Crippen LogP contribution in [0.4, 0.5) is 23.2 Å². The van der Waals surface area contributed by atoms with Crippen LogP contribution in [0.2, 0.25) is 0 Å². The lowest BCUT2D eigenvalue weighted by Gasteiger charge is -2.10. The van der Waals surface area contributed by atoms with Crippen molar-refractivity contribution >= 4 is 5.69 Å². The Morgan fingerprint density at radius 3 is 2.17 bits per heavy atom. The van der Waals surface area contributed by atoms with Crippen LogP contribution >= 0.6 is 0 Å². The van der Waals surface area contributed by atoms with Gasteiger partial charge in [-0.1, -0.05) is 12.1 Å². The molecule has 5 nitrogen and oxygen atoms in total. The van der Waals surface area contributed by atoms with Crippen LogP contribution in [0, 0.1) is 23.5 Å². The van der Waals surface area contributed by atoms with E-state index in [1.165, 1.54) is 17.3 Å². The summed E-state index contributed by atoms with van der Waals surface area (Å²) >= 11 is 0. The molecule has 0 bridgehead atoms. The molecule has 0 unspecified atom stereocenters. The van der Waals surface area contributed by atoms with Crippen LogP contribution in [0.25, 0.3) is 5.69 Å². The third-order valence-corrected chi connectivity index (χ3v) is 3.09. The van der Waals surface area contributed by atoms with E-state index in [1.54, 1.807) is 24.3 Å². The molecule has 0 spiro atoms. The third kappa shape index (κ3) is 2.98. The highest BCUT2D eigenvalue weighted by molar-refractivity contribution is 5.46. The summed E-state index contributed by atoms with van der Waals surface area (Å²) in [5.74, 6) is -6.54. The first-order valence-electron chi connectivity index (χ1n) is 6.44. The van der Waals surface area contributed by atoms with Gasteiger partial charge in [0.25, 0.3) is 11.9 Å². The van der Waals surface area contributed by atoms with E-state index in [0.29, 0.717) is 5.56 Å². The van der Waals surface area contributed by atoms with E-state index < -0.39 is 29.2 Å². The lowest BCUT2D eigenvalue weighted by Crippen LogP contribution is -2.09. The number of nitrogens with zero attached hydrogens (tertiary/aromatic N) is 4. The average Bonchev–Trinajstić information content (AvgIpc) is 3.08. The van der Waals surface area contributed by atoms with Crippen LogP contribution in [-0.2, 0) is 6.54 Å². The summed E-state index contributed by atoms with van der Waals surface area (Å²) in [6, 6.07) is 6.78. The van der Waals surface area contributed by atoms with Gasteiger partial charge in [-0.05, 0) is 17.7 Å². The molecule has 0 radical (unpaired) electrons. The molecule has 0 saturated carbocycles. The van der Waals surface area contributed by atoms with Crippen molar-refractivity contribution in [2.24, 2.45) is 0 Å². The maximum Gasteiger partial charge on any atom is 0.253 e. The fourth-order valence-electron chi connectivity index (χ4n) is 1.94. The fourth-order valence-corrected chi connectivity index (χ4v) is 1.94. The van der Waals surface area contributed by atoms with Crippen molar-refractivity contribution in [2.75, 3.05) is 5.32 Å². The van der Waals surface area contributed by atoms with Gasteiger partial charge in [0.2, 0.25) is 11.6 Å². The maximum atomic E-state index is 13.5. The first kappa shape index (κ1) is 14.9. The number of hydrogen-bond acceptors (Lipinski definition) is 4. The van der Waals surface area contributed by atoms with Crippen LogP contribution in [0.1, 0.15) is 5.56 Å². The minimum atomic E-state index is -1.70. The first-order valence-corrected chi connectivity index (χ1v) is 6.44. The van der Waals surface area contributed by atoms with Gasteiger partial charge in [-0.2, -0.15) is 27.6 Å². The van der Waals surface area contributed by atoms with Gasteiger partial charge in [-0.25, -0.2) is 9.67 Å². The molecule has 3 rings (SSSR count). The average molecular weight is 323 g/mol. The Hall–Kier alpha value is -2.97. The highest BCUT2D eigenvalue weighted by atomic mass is 19.2. The normalized spacial score (nSPS) is 10.8. The van der Waals surface area contributed by atoms with Crippen molar-refractivity contribution in [3.63, 3.8) is 0 Å². The quantitative estimate of drug-likeness (QED) is 0.592.